The summed E-state index contributed by atoms with van der Waals surface area (Å²) in [5, 5.41) is 10.1. The molecule has 2 aliphatic rings. The number of nitrogens with zero attached hydrogens (tertiary/aromatic N) is 5. The Balaban J connectivity index is 1.35. The van der Waals surface area contributed by atoms with Crippen LogP contribution < -0.4 is 16.4 Å². The predicted octanol–water partition coefficient (Wildman–Crippen LogP) is 3.69. The zero-order chi connectivity index (χ0) is 25.1. The second-order valence-electron chi connectivity index (χ2n) is 9.57. The van der Waals surface area contributed by atoms with Crippen LogP contribution in [0.1, 0.15) is 72.7 Å². The van der Waals surface area contributed by atoms with Crippen LogP contribution in [0.3, 0.4) is 0 Å². The van der Waals surface area contributed by atoms with Crippen molar-refractivity contribution in [3.63, 3.8) is 0 Å². The van der Waals surface area contributed by atoms with E-state index in [2.05, 4.69) is 54.8 Å². The minimum atomic E-state index is -0.304. The number of hydrogen-bond acceptors (Lipinski definition) is 9. The molecule has 4 N–H and O–H groups in total. The monoisotopic (exact) mass is 486 g/mol. The average molecular weight is 487 g/mol. The van der Waals surface area contributed by atoms with Crippen LogP contribution in [-0.2, 0) is 11.8 Å². The molecular formula is C26H30N8O2. The van der Waals surface area contributed by atoms with Crippen LogP contribution in [0.25, 0.3) is 11.3 Å². The maximum atomic E-state index is 12.9. The van der Waals surface area contributed by atoms with Gasteiger partial charge in [0.2, 0.25) is 11.8 Å². The van der Waals surface area contributed by atoms with Gasteiger partial charge in [-0.3, -0.25) is 9.79 Å². The SMILES string of the molecule is CN=CC(=CN)Nc1nccc(-c2ccc3c(c2)CCCCC3NC(=O)c2noc(C3(C)CC3)n2)n1. The van der Waals surface area contributed by atoms with Crippen molar-refractivity contribution in [1.82, 2.24) is 25.4 Å². The number of aryl methyl sites for hydroxylation is 1. The van der Waals surface area contributed by atoms with Gasteiger partial charge in [0.25, 0.3) is 11.7 Å². The zero-order valence-electron chi connectivity index (χ0n) is 20.5. The number of carbonyl (C=O) groups excluding carboxylic acids is 1. The van der Waals surface area contributed by atoms with Crippen molar-refractivity contribution in [1.29, 1.82) is 0 Å². The number of hydrogen-bond donors (Lipinski definition) is 3. The normalized spacial score (nSPS) is 18.9. The molecule has 0 spiro atoms. The molecule has 10 nitrogen and oxygen atoms in total. The summed E-state index contributed by atoms with van der Waals surface area (Å²) in [7, 11) is 1.67. The maximum Gasteiger partial charge on any atom is 0.293 e. The third-order valence-electron chi connectivity index (χ3n) is 6.81. The van der Waals surface area contributed by atoms with Crippen LogP contribution in [-0.4, -0.2) is 39.3 Å². The van der Waals surface area contributed by atoms with Crippen LogP contribution in [0.5, 0.6) is 0 Å². The van der Waals surface area contributed by atoms with Crippen molar-refractivity contribution in [2.75, 3.05) is 12.4 Å². The van der Waals surface area contributed by atoms with Crippen molar-refractivity contribution >= 4 is 18.1 Å². The Bertz CT molecular complexity index is 1320. The Morgan fingerprint density at radius 3 is 2.89 bits per heavy atom. The Morgan fingerprint density at radius 2 is 2.11 bits per heavy atom. The van der Waals surface area contributed by atoms with Gasteiger partial charge in [-0.25, -0.2) is 9.97 Å². The van der Waals surface area contributed by atoms with Gasteiger partial charge >= 0.3 is 0 Å². The van der Waals surface area contributed by atoms with Crippen LogP contribution in [0.4, 0.5) is 5.95 Å². The zero-order valence-corrected chi connectivity index (χ0v) is 20.5. The topological polar surface area (TPSA) is 144 Å². The number of amides is 1. The molecule has 1 aromatic carbocycles. The van der Waals surface area contributed by atoms with E-state index in [4.69, 9.17) is 10.3 Å². The fraction of sp³-hybridized carbons (Fsp3) is 0.385. The average Bonchev–Trinajstić information content (AvgIpc) is 3.49. The molecule has 2 aromatic heterocycles. The summed E-state index contributed by atoms with van der Waals surface area (Å²) < 4.78 is 5.36. The summed E-state index contributed by atoms with van der Waals surface area (Å²) in [5.41, 5.74) is 10.3. The number of nitrogens with one attached hydrogen (secondary N) is 2. The van der Waals surface area contributed by atoms with Crippen LogP contribution in [0, 0.1) is 0 Å². The number of fused-ring (bicyclic) bond motifs is 1. The van der Waals surface area contributed by atoms with E-state index in [-0.39, 0.29) is 23.2 Å². The summed E-state index contributed by atoms with van der Waals surface area (Å²) in [6, 6.07) is 8.02. The maximum absolute atomic E-state index is 12.9. The summed E-state index contributed by atoms with van der Waals surface area (Å²) in [5.74, 6) is 0.777. The van der Waals surface area contributed by atoms with E-state index in [1.165, 1.54) is 11.8 Å². The quantitative estimate of drug-likeness (QED) is 0.339. The van der Waals surface area contributed by atoms with Crippen molar-refractivity contribution in [2.24, 2.45) is 10.7 Å². The predicted molar refractivity (Wildman–Crippen MR) is 136 cm³/mol. The highest BCUT2D eigenvalue weighted by Crippen LogP contribution is 2.46. The molecule has 2 aliphatic carbocycles. The van der Waals surface area contributed by atoms with Gasteiger partial charge in [0.05, 0.1) is 17.4 Å². The van der Waals surface area contributed by atoms with Gasteiger partial charge in [-0.2, -0.15) is 4.98 Å². The van der Waals surface area contributed by atoms with Gasteiger partial charge in [0.1, 0.15) is 0 Å². The summed E-state index contributed by atoms with van der Waals surface area (Å²) in [6.07, 6.45) is 10.6. The molecule has 5 rings (SSSR count). The third-order valence-corrected chi connectivity index (χ3v) is 6.81. The fourth-order valence-electron chi connectivity index (χ4n) is 4.44. The van der Waals surface area contributed by atoms with Gasteiger partial charge in [0.15, 0.2) is 0 Å². The molecule has 1 unspecified atom stereocenters. The lowest BCUT2D eigenvalue weighted by atomic mass is 9.95. The van der Waals surface area contributed by atoms with Crippen molar-refractivity contribution in [3.05, 3.63) is 65.2 Å². The van der Waals surface area contributed by atoms with E-state index >= 15 is 0 Å². The van der Waals surface area contributed by atoms with Crippen molar-refractivity contribution in [2.45, 2.75) is 56.9 Å². The molecule has 1 amide bonds. The molecule has 186 valence electrons. The van der Waals surface area contributed by atoms with Gasteiger partial charge in [-0.15, -0.1) is 0 Å². The first-order chi connectivity index (χ1) is 17.5. The number of carbonyl (C=O) groups is 1. The lowest BCUT2D eigenvalue weighted by molar-refractivity contribution is 0.0921. The van der Waals surface area contributed by atoms with Crippen LogP contribution in [0.15, 0.2) is 51.9 Å². The Morgan fingerprint density at radius 1 is 1.25 bits per heavy atom. The first kappa shape index (κ1) is 23.7. The van der Waals surface area contributed by atoms with Gasteiger partial charge in [0, 0.05) is 36.6 Å². The molecule has 0 saturated heterocycles. The minimum absolute atomic E-state index is 0.0704. The van der Waals surface area contributed by atoms with Crippen LogP contribution >= 0.6 is 0 Å². The largest absolute Gasteiger partial charge is 0.403 e. The highest BCUT2D eigenvalue weighted by atomic mass is 16.5. The Hall–Kier alpha value is -4.08. The number of aromatic nitrogens is 4. The van der Waals surface area contributed by atoms with Gasteiger partial charge in [-0.1, -0.05) is 30.6 Å². The van der Waals surface area contributed by atoms with Crippen LogP contribution in [0.2, 0.25) is 0 Å². The van der Waals surface area contributed by atoms with E-state index in [1.807, 2.05) is 12.1 Å². The standard InChI is InChI=1S/C26H30N8O2/c1-26(10-11-26)24-33-22(34-36-24)23(35)31-21-6-4-3-5-16-13-17(7-8-19(16)21)20-9-12-29-25(32-20)30-18(14-27)15-28-2/h7-9,12-15,21H,3-6,10-11,27H2,1-2H3,(H,31,35)(H,29,30,32). The fourth-order valence-corrected chi connectivity index (χ4v) is 4.44. The highest BCUT2D eigenvalue weighted by molar-refractivity contribution is 5.90. The summed E-state index contributed by atoms with van der Waals surface area (Å²) >= 11 is 0. The molecule has 0 bridgehead atoms. The first-order valence-corrected chi connectivity index (χ1v) is 12.2. The lowest BCUT2D eigenvalue weighted by Gasteiger charge is -2.19. The Kier molecular flexibility index (Phi) is 6.49. The molecule has 0 radical (unpaired) electrons. The van der Waals surface area contributed by atoms with E-state index in [1.54, 1.807) is 19.5 Å². The lowest BCUT2D eigenvalue weighted by Crippen LogP contribution is -2.29. The number of nitrogens with two attached hydrogens (primary N) is 1. The molecule has 2 heterocycles. The first-order valence-electron chi connectivity index (χ1n) is 12.2. The molecule has 1 atom stereocenters. The molecule has 1 saturated carbocycles. The summed E-state index contributed by atoms with van der Waals surface area (Å²) in [4.78, 5) is 30.2. The van der Waals surface area contributed by atoms with E-state index in [9.17, 15) is 4.79 Å². The number of rotatable bonds is 7. The summed E-state index contributed by atoms with van der Waals surface area (Å²) in [6.45, 7) is 2.07. The highest BCUT2D eigenvalue weighted by Gasteiger charge is 2.45. The van der Waals surface area contributed by atoms with E-state index < -0.39 is 0 Å². The van der Waals surface area contributed by atoms with E-state index in [0.29, 0.717) is 17.5 Å². The number of benzene rings is 1. The smallest absolute Gasteiger partial charge is 0.293 e. The number of aliphatic imine (C=N–C) groups is 1. The molecular weight excluding hydrogens is 456 g/mol. The second kappa shape index (κ2) is 9.88. The number of allylic oxidation sites excluding steroid dienone is 1. The Labute approximate surface area is 209 Å². The molecule has 3 aromatic rings. The molecule has 1 fully saturated rings. The third kappa shape index (κ3) is 4.98. The van der Waals surface area contributed by atoms with Crippen molar-refractivity contribution in [3.8, 4) is 11.3 Å². The van der Waals surface area contributed by atoms with Crippen molar-refractivity contribution < 1.29 is 9.32 Å². The van der Waals surface area contributed by atoms with Gasteiger partial charge in [-0.05, 0) is 55.4 Å². The molecule has 0 aliphatic heterocycles. The second-order valence-corrected chi connectivity index (χ2v) is 9.57. The van der Waals surface area contributed by atoms with Gasteiger partial charge < -0.3 is 20.9 Å². The van der Waals surface area contributed by atoms with E-state index in [0.717, 1.165) is 55.3 Å². The minimum Gasteiger partial charge on any atom is -0.403 e. The molecule has 10 heteroatoms. The number of anilines is 1. The molecule has 36 heavy (non-hydrogen) atoms.